The Balaban J connectivity index is 1.61. The predicted octanol–water partition coefficient (Wildman–Crippen LogP) is 6.35. The number of thioether (sulfide) groups is 1. The molecule has 6 heteroatoms. The van der Waals surface area contributed by atoms with Crippen LogP contribution in [0, 0.1) is 12.8 Å². The van der Waals surface area contributed by atoms with Crippen LogP contribution in [-0.2, 0) is 11.2 Å². The highest BCUT2D eigenvalue weighted by atomic mass is 32.2. The van der Waals surface area contributed by atoms with E-state index < -0.39 is 12.6 Å². The third-order valence-electron chi connectivity index (χ3n) is 6.12. The number of carbonyl (C=O) groups excluding carboxylic acids is 1. The zero-order valence-corrected chi connectivity index (χ0v) is 21.4. The number of aliphatic carboxylic acids is 1. The number of Topliss-reactive ketones (excluding diaryl/α,β-unsaturated/α-hetero) is 1. The van der Waals surface area contributed by atoms with Gasteiger partial charge in [-0.2, -0.15) is 0 Å². The molecule has 3 rings (SSSR count). The summed E-state index contributed by atoms with van der Waals surface area (Å²) in [5.41, 5.74) is 3.92. The van der Waals surface area contributed by atoms with Crippen LogP contribution < -0.4 is 4.74 Å². The van der Waals surface area contributed by atoms with E-state index in [4.69, 9.17) is 14.8 Å². The zero-order chi connectivity index (χ0) is 24.7. The molecule has 1 N–H and O–H groups in total. The van der Waals surface area contributed by atoms with Gasteiger partial charge in [0.05, 0.1) is 11.1 Å². The largest absolute Gasteiger partial charge is 0.482 e. The summed E-state index contributed by atoms with van der Waals surface area (Å²) in [7, 11) is 0. The molecule has 0 saturated heterocycles. The molecular formula is C28H35NO4S. The van der Waals surface area contributed by atoms with Crippen molar-refractivity contribution in [3.63, 3.8) is 0 Å². The smallest absolute Gasteiger partial charge is 0.341 e. The molecule has 1 heterocycles. The van der Waals surface area contributed by atoms with E-state index in [9.17, 15) is 9.59 Å². The number of aliphatic imine (C=N–C) groups is 1. The van der Waals surface area contributed by atoms with Gasteiger partial charge in [-0.3, -0.25) is 9.79 Å². The van der Waals surface area contributed by atoms with Gasteiger partial charge in [-0.05, 0) is 61.4 Å². The lowest BCUT2D eigenvalue weighted by Crippen LogP contribution is -2.24. The number of carbonyl (C=O) groups is 2. The van der Waals surface area contributed by atoms with Gasteiger partial charge >= 0.3 is 5.97 Å². The molecule has 0 fully saturated rings. The Labute approximate surface area is 207 Å². The van der Waals surface area contributed by atoms with E-state index >= 15 is 0 Å². The van der Waals surface area contributed by atoms with Crippen LogP contribution in [0.1, 0.15) is 73.5 Å². The summed E-state index contributed by atoms with van der Waals surface area (Å²) in [5, 5.41) is 10.1. The summed E-state index contributed by atoms with van der Waals surface area (Å²) in [5.74, 6) is -0.0437. The molecule has 34 heavy (non-hydrogen) atoms. The Bertz CT molecular complexity index is 1030. The van der Waals surface area contributed by atoms with Crippen molar-refractivity contribution < 1.29 is 19.4 Å². The van der Waals surface area contributed by atoms with E-state index in [0.29, 0.717) is 23.7 Å². The second-order valence-corrected chi connectivity index (χ2v) is 10.5. The molecule has 0 aliphatic carbocycles. The normalized spacial score (nSPS) is 17.6. The van der Waals surface area contributed by atoms with Gasteiger partial charge in [0.25, 0.3) is 0 Å². The number of carboxylic acid groups (broad SMARTS) is 1. The minimum Gasteiger partial charge on any atom is -0.482 e. The number of hydrogen-bond donors (Lipinski definition) is 1. The summed E-state index contributed by atoms with van der Waals surface area (Å²) in [4.78, 5) is 28.7. The van der Waals surface area contributed by atoms with E-state index in [2.05, 4.69) is 45.0 Å². The van der Waals surface area contributed by atoms with Crippen LogP contribution in [0.25, 0.3) is 0 Å². The van der Waals surface area contributed by atoms with Gasteiger partial charge in [-0.25, -0.2) is 4.79 Å². The lowest BCUT2D eigenvalue weighted by Gasteiger charge is -2.20. The summed E-state index contributed by atoms with van der Waals surface area (Å²) >= 11 is 1.80. The van der Waals surface area contributed by atoms with E-state index in [1.54, 1.807) is 30.0 Å². The molecule has 0 spiro atoms. The van der Waals surface area contributed by atoms with Crippen LogP contribution in [0.2, 0.25) is 0 Å². The highest BCUT2D eigenvalue weighted by molar-refractivity contribution is 8.15. The monoisotopic (exact) mass is 481 g/mol. The summed E-state index contributed by atoms with van der Waals surface area (Å²) in [6, 6.07) is 14.2. The van der Waals surface area contributed by atoms with Gasteiger partial charge in [0.15, 0.2) is 12.4 Å². The van der Waals surface area contributed by atoms with Gasteiger partial charge < -0.3 is 9.84 Å². The quantitative estimate of drug-likeness (QED) is 0.358. The van der Waals surface area contributed by atoms with Crippen molar-refractivity contribution in [1.29, 1.82) is 0 Å². The number of rotatable bonds is 12. The molecule has 2 atom stereocenters. The summed E-state index contributed by atoms with van der Waals surface area (Å²) in [6.45, 7) is 8.03. The fourth-order valence-corrected chi connectivity index (χ4v) is 5.64. The molecule has 2 aromatic carbocycles. The molecule has 0 aromatic heterocycles. The molecule has 2 unspecified atom stereocenters. The first-order valence-electron chi connectivity index (χ1n) is 12.1. The topological polar surface area (TPSA) is 76.0 Å². The fraction of sp³-hybridized carbons (Fsp3) is 0.464. The van der Waals surface area contributed by atoms with E-state index in [1.807, 2.05) is 6.92 Å². The van der Waals surface area contributed by atoms with Crippen molar-refractivity contribution in [3.05, 3.63) is 64.7 Å². The molecule has 1 aliphatic rings. The number of benzene rings is 2. The highest BCUT2D eigenvalue weighted by Crippen LogP contribution is 2.37. The van der Waals surface area contributed by atoms with Crippen LogP contribution in [-0.4, -0.2) is 39.8 Å². The van der Waals surface area contributed by atoms with Crippen LogP contribution in [0.5, 0.6) is 5.75 Å². The first-order chi connectivity index (χ1) is 16.3. The SMILES string of the molecule is CCCCc1ccc(C2=NC(C(C)C)C(CCC(=O)c3ccc(OCC(=O)O)c(C)c3)S2)cc1. The van der Waals surface area contributed by atoms with Crippen molar-refractivity contribution in [2.75, 3.05) is 6.61 Å². The third kappa shape index (κ3) is 6.95. The number of hydrogen-bond acceptors (Lipinski definition) is 5. The molecule has 182 valence electrons. The van der Waals surface area contributed by atoms with Crippen LogP contribution in [0.15, 0.2) is 47.5 Å². The Hall–Kier alpha value is -2.60. The van der Waals surface area contributed by atoms with Gasteiger partial charge in [-0.15, -0.1) is 11.8 Å². The highest BCUT2D eigenvalue weighted by Gasteiger charge is 2.33. The van der Waals surface area contributed by atoms with Gasteiger partial charge in [0.1, 0.15) is 5.75 Å². The average Bonchev–Trinajstić information content (AvgIpc) is 3.25. The van der Waals surface area contributed by atoms with Gasteiger partial charge in [0, 0.05) is 22.8 Å². The molecular weight excluding hydrogens is 446 g/mol. The number of aryl methyl sites for hydroxylation is 2. The Morgan fingerprint density at radius 2 is 1.88 bits per heavy atom. The van der Waals surface area contributed by atoms with E-state index in [1.165, 1.54) is 18.4 Å². The maximum atomic E-state index is 12.9. The Morgan fingerprint density at radius 3 is 2.50 bits per heavy atom. The molecule has 0 saturated carbocycles. The second kappa shape index (κ2) is 12.2. The lowest BCUT2D eigenvalue weighted by atomic mass is 9.96. The maximum Gasteiger partial charge on any atom is 0.341 e. The van der Waals surface area contributed by atoms with Crippen molar-refractivity contribution in [3.8, 4) is 5.75 Å². The zero-order valence-electron chi connectivity index (χ0n) is 20.5. The predicted molar refractivity (Wildman–Crippen MR) is 139 cm³/mol. The van der Waals surface area contributed by atoms with Crippen molar-refractivity contribution >= 4 is 28.6 Å². The Kier molecular flexibility index (Phi) is 9.34. The average molecular weight is 482 g/mol. The van der Waals surface area contributed by atoms with Crippen LogP contribution >= 0.6 is 11.8 Å². The fourth-order valence-electron chi connectivity index (χ4n) is 4.15. The van der Waals surface area contributed by atoms with E-state index in [-0.39, 0.29) is 17.1 Å². The first-order valence-corrected chi connectivity index (χ1v) is 13.0. The third-order valence-corrected chi connectivity index (χ3v) is 7.50. The van der Waals surface area contributed by atoms with Crippen molar-refractivity contribution in [1.82, 2.24) is 0 Å². The number of unbranched alkanes of at least 4 members (excludes halogenated alkanes) is 1. The molecule has 0 bridgehead atoms. The van der Waals surface area contributed by atoms with Crippen LogP contribution in [0.3, 0.4) is 0 Å². The maximum absolute atomic E-state index is 12.9. The number of ether oxygens (including phenoxy) is 1. The minimum atomic E-state index is -1.03. The molecule has 1 aliphatic heterocycles. The first kappa shape index (κ1) is 26.0. The van der Waals surface area contributed by atoms with Crippen LogP contribution in [0.4, 0.5) is 0 Å². The number of carboxylic acids is 1. The minimum absolute atomic E-state index is 0.0877. The van der Waals surface area contributed by atoms with Crippen molar-refractivity contribution in [2.24, 2.45) is 10.9 Å². The molecule has 0 radical (unpaired) electrons. The van der Waals surface area contributed by atoms with E-state index in [0.717, 1.165) is 29.0 Å². The molecule has 0 amide bonds. The van der Waals surface area contributed by atoms with Gasteiger partial charge in [0.2, 0.25) is 0 Å². The summed E-state index contributed by atoms with van der Waals surface area (Å²) < 4.78 is 5.27. The van der Waals surface area contributed by atoms with Gasteiger partial charge in [-0.1, -0.05) is 51.5 Å². The number of ketones is 1. The lowest BCUT2D eigenvalue weighted by molar-refractivity contribution is -0.139. The molecule has 2 aromatic rings. The Morgan fingerprint density at radius 1 is 1.15 bits per heavy atom. The van der Waals surface area contributed by atoms with Crippen molar-refractivity contribution in [2.45, 2.75) is 71.1 Å². The summed E-state index contributed by atoms with van der Waals surface area (Å²) in [6.07, 6.45) is 4.74. The standard InChI is InChI=1S/C28H35NO4S/c1-5-6-7-20-8-10-21(11-9-20)28-29-27(18(2)3)25(34-28)15-13-23(30)22-12-14-24(19(4)16-22)33-17-26(31)32/h8-12,14,16,18,25,27H,5-7,13,15,17H2,1-4H3,(H,31,32). The molecule has 5 nitrogen and oxygen atoms in total. The second-order valence-electron chi connectivity index (χ2n) is 9.25. The number of nitrogens with zero attached hydrogens (tertiary/aromatic N) is 1.